The maximum Gasteiger partial charge on any atom is 0.419 e. The Kier molecular flexibility index (Phi) is 5.96. The molecule has 0 saturated heterocycles. The molecule has 0 aliphatic carbocycles. The van der Waals surface area contributed by atoms with Gasteiger partial charge in [0, 0.05) is 45.5 Å². The van der Waals surface area contributed by atoms with Crippen LogP contribution in [0, 0.1) is 0 Å². The Bertz CT molecular complexity index is 1080. The molecule has 7 nitrogen and oxygen atoms in total. The average molecular weight is 461 g/mol. The first-order chi connectivity index (χ1) is 15.6. The Labute approximate surface area is 190 Å². The molecule has 1 unspecified atom stereocenters. The van der Waals surface area contributed by atoms with E-state index in [0.29, 0.717) is 37.6 Å². The lowest BCUT2D eigenvalue weighted by Gasteiger charge is -2.37. The number of halogens is 3. The van der Waals surface area contributed by atoms with Crippen LogP contribution in [0.1, 0.15) is 24.0 Å². The normalized spacial score (nSPS) is 21.1. The highest BCUT2D eigenvalue weighted by Gasteiger charge is 2.41. The molecule has 1 aromatic heterocycles. The molecule has 0 fully saturated rings. The lowest BCUT2D eigenvalue weighted by Crippen LogP contribution is -2.49. The summed E-state index contributed by atoms with van der Waals surface area (Å²) in [7, 11) is 5.31. The van der Waals surface area contributed by atoms with Crippen LogP contribution in [0.15, 0.2) is 58.9 Å². The van der Waals surface area contributed by atoms with Crippen LogP contribution < -0.4 is 20.7 Å². The second-order valence-corrected chi connectivity index (χ2v) is 8.27. The van der Waals surface area contributed by atoms with Gasteiger partial charge < -0.3 is 19.9 Å². The van der Waals surface area contributed by atoms with Crippen LogP contribution >= 0.6 is 0 Å². The van der Waals surface area contributed by atoms with Crippen LogP contribution in [-0.4, -0.2) is 50.1 Å². The molecule has 4 rings (SSSR count). The largest absolute Gasteiger partial charge is 0.497 e. The van der Waals surface area contributed by atoms with Gasteiger partial charge in [-0.3, -0.25) is 5.73 Å². The van der Waals surface area contributed by atoms with Gasteiger partial charge in [0.1, 0.15) is 11.6 Å². The highest BCUT2D eigenvalue weighted by Crippen LogP contribution is 2.40. The lowest BCUT2D eigenvalue weighted by molar-refractivity contribution is -0.137. The molecule has 2 aromatic rings. The third kappa shape index (κ3) is 4.35. The van der Waals surface area contributed by atoms with Crippen LogP contribution in [-0.2, 0) is 11.8 Å². The summed E-state index contributed by atoms with van der Waals surface area (Å²) < 4.78 is 46.1. The Hall–Kier alpha value is -3.27. The summed E-state index contributed by atoms with van der Waals surface area (Å²) in [4.78, 5) is 12.4. The first kappa shape index (κ1) is 22.9. The number of pyridine rings is 1. The molecule has 2 aliphatic rings. The van der Waals surface area contributed by atoms with E-state index in [2.05, 4.69) is 10.3 Å². The van der Waals surface area contributed by atoms with E-state index in [9.17, 15) is 13.2 Å². The van der Waals surface area contributed by atoms with Crippen LogP contribution in [0.2, 0.25) is 0 Å². The Morgan fingerprint density at radius 1 is 1.12 bits per heavy atom. The smallest absolute Gasteiger partial charge is 0.419 e. The number of hydrogen-bond acceptors (Lipinski definition) is 7. The fraction of sp³-hybridized carbons (Fsp3) is 0.391. The third-order valence-corrected chi connectivity index (χ3v) is 5.98. The quantitative estimate of drug-likeness (QED) is 0.732. The van der Waals surface area contributed by atoms with Crippen molar-refractivity contribution in [3.05, 3.63) is 65.0 Å². The van der Waals surface area contributed by atoms with Crippen LogP contribution in [0.3, 0.4) is 0 Å². The van der Waals surface area contributed by atoms with Gasteiger partial charge in [0.15, 0.2) is 11.6 Å². The van der Waals surface area contributed by atoms with E-state index in [1.54, 1.807) is 12.0 Å². The number of rotatable bonds is 3. The van der Waals surface area contributed by atoms with Crippen molar-refractivity contribution < 1.29 is 17.9 Å². The average Bonchev–Trinajstić information content (AvgIpc) is 3.02. The van der Waals surface area contributed by atoms with Crippen molar-refractivity contribution in [3.8, 4) is 5.75 Å². The van der Waals surface area contributed by atoms with Gasteiger partial charge in [-0.05, 0) is 41.8 Å². The molecule has 33 heavy (non-hydrogen) atoms. The highest BCUT2D eigenvalue weighted by molar-refractivity contribution is 5.84. The number of anilines is 1. The number of ether oxygens (including phenoxy) is 1. The number of alkyl halides is 3. The number of benzene rings is 1. The number of aromatic nitrogens is 1. The van der Waals surface area contributed by atoms with Crippen molar-refractivity contribution in [2.75, 3.05) is 39.2 Å². The predicted molar refractivity (Wildman–Crippen MR) is 121 cm³/mol. The van der Waals surface area contributed by atoms with Crippen LogP contribution in [0.5, 0.6) is 5.75 Å². The summed E-state index contributed by atoms with van der Waals surface area (Å²) in [5.41, 5.74) is 7.55. The zero-order chi connectivity index (χ0) is 23.8. The van der Waals surface area contributed by atoms with Crippen molar-refractivity contribution in [2.24, 2.45) is 10.7 Å². The van der Waals surface area contributed by atoms with Gasteiger partial charge >= 0.3 is 6.18 Å². The van der Waals surface area contributed by atoms with Crippen molar-refractivity contribution in [3.63, 3.8) is 0 Å². The molecular weight excluding hydrogens is 433 g/mol. The molecule has 1 aromatic carbocycles. The summed E-state index contributed by atoms with van der Waals surface area (Å²) in [5.74, 6) is 1.23. The number of nitrogens with one attached hydrogen (secondary N) is 1. The number of aliphatic imine (C=N–C) groups is 1. The maximum atomic E-state index is 13.6. The molecule has 0 radical (unpaired) electrons. The molecule has 176 valence electrons. The lowest BCUT2D eigenvalue weighted by atomic mass is 9.87. The van der Waals surface area contributed by atoms with E-state index in [1.807, 2.05) is 43.3 Å². The van der Waals surface area contributed by atoms with E-state index >= 15 is 0 Å². The Morgan fingerprint density at radius 3 is 2.45 bits per heavy atom. The van der Waals surface area contributed by atoms with Gasteiger partial charge in [-0.15, -0.1) is 0 Å². The number of methoxy groups -OCH3 is 1. The summed E-state index contributed by atoms with van der Waals surface area (Å²) in [6, 6.07) is 9.76. The van der Waals surface area contributed by atoms with Gasteiger partial charge in [-0.25, -0.2) is 9.98 Å². The van der Waals surface area contributed by atoms with E-state index in [4.69, 9.17) is 15.5 Å². The molecule has 10 heteroatoms. The van der Waals surface area contributed by atoms with Crippen molar-refractivity contribution in [2.45, 2.75) is 24.7 Å². The van der Waals surface area contributed by atoms with Crippen LogP contribution in [0.4, 0.5) is 19.0 Å². The van der Waals surface area contributed by atoms with Gasteiger partial charge in [0.25, 0.3) is 0 Å². The van der Waals surface area contributed by atoms with Gasteiger partial charge in [-0.1, -0.05) is 12.1 Å². The summed E-state index contributed by atoms with van der Waals surface area (Å²) in [6.45, 7) is 0.702. The summed E-state index contributed by atoms with van der Waals surface area (Å²) >= 11 is 0. The topological polar surface area (TPSA) is 79.0 Å². The Balaban J connectivity index is 1.71. The summed E-state index contributed by atoms with van der Waals surface area (Å²) in [5, 5.41) is 3.34. The second kappa shape index (κ2) is 8.58. The van der Waals surface area contributed by atoms with E-state index in [-0.39, 0.29) is 5.82 Å². The molecule has 0 bridgehead atoms. The van der Waals surface area contributed by atoms with Gasteiger partial charge in [-0.2, -0.15) is 13.2 Å². The van der Waals surface area contributed by atoms with Gasteiger partial charge in [0.2, 0.25) is 0 Å². The molecule has 3 heterocycles. The van der Waals surface area contributed by atoms with Crippen molar-refractivity contribution in [1.29, 1.82) is 0 Å². The SMILES string of the molecule is COc1ccc(C2(N)N=C(N(C)C)NC3=C2CCN(c2ncccc2C(F)(F)F)CC3)cc1. The number of nitrogens with two attached hydrogens (primary N) is 1. The zero-order valence-electron chi connectivity index (χ0n) is 18.8. The molecular formula is C23H27F3N6O. The van der Waals surface area contributed by atoms with Gasteiger partial charge in [0.05, 0.1) is 12.7 Å². The molecule has 0 spiro atoms. The molecule has 0 saturated carbocycles. The predicted octanol–water partition coefficient (Wildman–Crippen LogP) is 3.30. The fourth-order valence-corrected chi connectivity index (χ4v) is 4.24. The number of hydrogen-bond donors (Lipinski definition) is 2. The number of nitrogens with zero attached hydrogens (tertiary/aromatic N) is 4. The fourth-order valence-electron chi connectivity index (χ4n) is 4.24. The number of guanidine groups is 1. The van der Waals surface area contributed by atoms with Crippen LogP contribution in [0.25, 0.3) is 0 Å². The monoisotopic (exact) mass is 460 g/mol. The molecule has 0 amide bonds. The summed E-state index contributed by atoms with van der Waals surface area (Å²) in [6.07, 6.45) is -2.18. The van der Waals surface area contributed by atoms with E-state index < -0.39 is 17.4 Å². The highest BCUT2D eigenvalue weighted by atomic mass is 19.4. The Morgan fingerprint density at radius 2 is 1.82 bits per heavy atom. The first-order valence-corrected chi connectivity index (χ1v) is 10.6. The molecule has 2 aliphatic heterocycles. The minimum atomic E-state index is -4.48. The second-order valence-electron chi connectivity index (χ2n) is 8.27. The third-order valence-electron chi connectivity index (χ3n) is 5.98. The minimum absolute atomic E-state index is 0.0642. The first-order valence-electron chi connectivity index (χ1n) is 10.6. The molecule has 1 atom stereocenters. The van der Waals surface area contributed by atoms with E-state index in [0.717, 1.165) is 22.9 Å². The zero-order valence-corrected chi connectivity index (χ0v) is 18.8. The molecule has 3 N–H and O–H groups in total. The minimum Gasteiger partial charge on any atom is -0.497 e. The van der Waals surface area contributed by atoms with Crippen molar-refractivity contribution >= 4 is 11.8 Å². The standard InChI is InChI=1S/C23H27F3N6O/c1-31(2)21-29-19-11-14-32(20-18(23(24,25)26)5-4-12-28-20)13-10-17(19)22(27,30-21)15-6-8-16(33-3)9-7-15/h4-9,12H,10-11,13-14,27H2,1-3H3,(H,29,30). The maximum absolute atomic E-state index is 13.6. The van der Waals surface area contributed by atoms with E-state index in [1.165, 1.54) is 12.3 Å². The van der Waals surface area contributed by atoms with Crippen molar-refractivity contribution in [1.82, 2.24) is 15.2 Å².